The molecule has 5 nitrogen and oxygen atoms in total. The fourth-order valence-corrected chi connectivity index (χ4v) is 3.74. The van der Waals surface area contributed by atoms with Crippen LogP contribution in [0.25, 0.3) is 0 Å². The molecule has 0 radical (unpaired) electrons. The summed E-state index contributed by atoms with van der Waals surface area (Å²) in [5, 5.41) is 0. The lowest BCUT2D eigenvalue weighted by Crippen LogP contribution is -2.48. The average molecular weight is 301 g/mol. The van der Waals surface area contributed by atoms with Gasteiger partial charge in [0, 0.05) is 26.2 Å². The normalized spacial score (nSPS) is 18.3. The van der Waals surface area contributed by atoms with E-state index in [1.807, 2.05) is 0 Å². The van der Waals surface area contributed by atoms with Gasteiger partial charge in [-0.15, -0.1) is 0 Å². The van der Waals surface area contributed by atoms with Gasteiger partial charge >= 0.3 is 0 Å². The Labute approximate surface area is 119 Å². The van der Waals surface area contributed by atoms with Crippen molar-refractivity contribution in [1.29, 1.82) is 0 Å². The number of hydrogen-bond acceptors (Lipinski definition) is 4. The van der Waals surface area contributed by atoms with Crippen molar-refractivity contribution < 1.29 is 12.8 Å². The highest BCUT2D eigenvalue weighted by atomic mass is 32.2. The van der Waals surface area contributed by atoms with Crippen molar-refractivity contribution in [3.8, 4) is 0 Å². The Morgan fingerprint density at radius 2 is 1.90 bits per heavy atom. The minimum absolute atomic E-state index is 0.0212. The molecule has 0 spiro atoms. The zero-order valence-corrected chi connectivity index (χ0v) is 12.2. The fraction of sp³-hybridized carbons (Fsp3) is 0.538. The van der Waals surface area contributed by atoms with Crippen LogP contribution in [-0.2, 0) is 10.0 Å². The number of nitrogens with two attached hydrogens (primary N) is 1. The van der Waals surface area contributed by atoms with E-state index in [0.29, 0.717) is 32.7 Å². The topological polar surface area (TPSA) is 66.6 Å². The van der Waals surface area contributed by atoms with E-state index in [9.17, 15) is 12.8 Å². The van der Waals surface area contributed by atoms with Gasteiger partial charge in [0.05, 0.1) is 4.90 Å². The van der Waals surface area contributed by atoms with E-state index in [1.165, 1.54) is 22.5 Å². The Bertz CT molecular complexity index is 542. The SMILES string of the molecule is NCCCN1CCN(S(=O)(=O)c2cccc(F)c2)CC1. The Morgan fingerprint density at radius 1 is 1.20 bits per heavy atom. The molecule has 1 fully saturated rings. The molecule has 1 aromatic rings. The van der Waals surface area contributed by atoms with E-state index in [-0.39, 0.29) is 4.90 Å². The van der Waals surface area contributed by atoms with Gasteiger partial charge in [-0.3, -0.25) is 0 Å². The van der Waals surface area contributed by atoms with Crippen molar-refractivity contribution in [1.82, 2.24) is 9.21 Å². The Hall–Kier alpha value is -1.02. The van der Waals surface area contributed by atoms with Crippen LogP contribution in [0.3, 0.4) is 0 Å². The smallest absolute Gasteiger partial charge is 0.243 e. The molecule has 112 valence electrons. The predicted molar refractivity (Wildman–Crippen MR) is 75.3 cm³/mol. The molecular formula is C13H20FN3O2S. The van der Waals surface area contributed by atoms with Gasteiger partial charge in [0.1, 0.15) is 5.82 Å². The molecule has 2 N–H and O–H groups in total. The summed E-state index contributed by atoms with van der Waals surface area (Å²) in [4.78, 5) is 2.22. The maximum Gasteiger partial charge on any atom is 0.243 e. The summed E-state index contributed by atoms with van der Waals surface area (Å²) in [6.45, 7) is 3.78. The molecule has 2 rings (SSSR count). The van der Waals surface area contributed by atoms with Gasteiger partial charge in [0.2, 0.25) is 10.0 Å². The number of nitrogens with zero attached hydrogens (tertiary/aromatic N) is 2. The number of piperazine rings is 1. The summed E-state index contributed by atoms with van der Waals surface area (Å²) in [5.41, 5.74) is 5.46. The lowest BCUT2D eigenvalue weighted by Gasteiger charge is -2.33. The van der Waals surface area contributed by atoms with Crippen LogP contribution in [0.4, 0.5) is 4.39 Å². The molecule has 20 heavy (non-hydrogen) atoms. The quantitative estimate of drug-likeness (QED) is 0.859. The fourth-order valence-electron chi connectivity index (χ4n) is 2.28. The first kappa shape index (κ1) is 15.4. The van der Waals surface area contributed by atoms with Crippen molar-refractivity contribution in [3.05, 3.63) is 30.1 Å². The largest absolute Gasteiger partial charge is 0.330 e. The third-order valence-electron chi connectivity index (χ3n) is 3.44. The van der Waals surface area contributed by atoms with Gasteiger partial charge < -0.3 is 10.6 Å². The van der Waals surface area contributed by atoms with Crippen LogP contribution in [0.1, 0.15) is 6.42 Å². The summed E-state index contributed by atoms with van der Waals surface area (Å²) in [5.74, 6) is -0.535. The third kappa shape index (κ3) is 3.54. The maximum absolute atomic E-state index is 13.2. The highest BCUT2D eigenvalue weighted by Gasteiger charge is 2.28. The van der Waals surface area contributed by atoms with Crippen molar-refractivity contribution in [2.45, 2.75) is 11.3 Å². The lowest BCUT2D eigenvalue weighted by atomic mass is 10.3. The molecule has 0 amide bonds. The first-order valence-electron chi connectivity index (χ1n) is 6.72. The number of sulfonamides is 1. The number of hydrogen-bond donors (Lipinski definition) is 1. The van der Waals surface area contributed by atoms with Crippen LogP contribution in [0.15, 0.2) is 29.2 Å². The van der Waals surface area contributed by atoms with Gasteiger partial charge in [-0.2, -0.15) is 4.31 Å². The first-order chi connectivity index (χ1) is 9.54. The van der Waals surface area contributed by atoms with Crippen molar-refractivity contribution >= 4 is 10.0 Å². The standard InChI is InChI=1S/C13H20FN3O2S/c14-12-3-1-4-13(11-12)20(18,19)17-9-7-16(8-10-17)6-2-5-15/h1,3-4,11H,2,5-10,15H2. The number of rotatable bonds is 5. The van der Waals surface area contributed by atoms with Crippen LogP contribution in [0.5, 0.6) is 0 Å². The Balaban J connectivity index is 2.02. The zero-order valence-electron chi connectivity index (χ0n) is 11.3. The molecule has 0 aliphatic carbocycles. The van der Waals surface area contributed by atoms with Gasteiger partial charge in [-0.1, -0.05) is 6.07 Å². The first-order valence-corrected chi connectivity index (χ1v) is 8.16. The van der Waals surface area contributed by atoms with E-state index < -0.39 is 15.8 Å². The second-order valence-corrected chi connectivity index (χ2v) is 6.78. The van der Waals surface area contributed by atoms with Gasteiger partial charge in [0.15, 0.2) is 0 Å². The summed E-state index contributed by atoms with van der Waals surface area (Å²) < 4.78 is 39.3. The Kier molecular flexibility index (Phi) is 5.09. The van der Waals surface area contributed by atoms with E-state index in [0.717, 1.165) is 19.0 Å². The lowest BCUT2D eigenvalue weighted by molar-refractivity contribution is 0.187. The zero-order chi connectivity index (χ0) is 14.6. The van der Waals surface area contributed by atoms with Crippen molar-refractivity contribution in [2.75, 3.05) is 39.3 Å². The monoisotopic (exact) mass is 301 g/mol. The molecule has 0 atom stereocenters. The molecule has 1 aliphatic rings. The van der Waals surface area contributed by atoms with Crippen LogP contribution in [0.2, 0.25) is 0 Å². The molecule has 1 saturated heterocycles. The number of halogens is 1. The molecule has 1 aliphatic heterocycles. The molecular weight excluding hydrogens is 281 g/mol. The second kappa shape index (κ2) is 6.62. The van der Waals surface area contributed by atoms with E-state index in [1.54, 1.807) is 0 Å². The highest BCUT2D eigenvalue weighted by Crippen LogP contribution is 2.18. The summed E-state index contributed by atoms with van der Waals surface area (Å²) in [6, 6.07) is 5.15. The minimum atomic E-state index is -3.59. The van der Waals surface area contributed by atoms with E-state index in [4.69, 9.17) is 5.73 Å². The Morgan fingerprint density at radius 3 is 2.50 bits per heavy atom. The van der Waals surface area contributed by atoms with Gasteiger partial charge in [-0.25, -0.2) is 12.8 Å². The van der Waals surface area contributed by atoms with Crippen LogP contribution in [0, 0.1) is 5.82 Å². The predicted octanol–water partition coefficient (Wildman–Crippen LogP) is 0.481. The molecule has 1 heterocycles. The van der Waals surface area contributed by atoms with Crippen molar-refractivity contribution in [2.24, 2.45) is 5.73 Å². The highest BCUT2D eigenvalue weighted by molar-refractivity contribution is 7.89. The van der Waals surface area contributed by atoms with Crippen molar-refractivity contribution in [3.63, 3.8) is 0 Å². The second-order valence-electron chi connectivity index (χ2n) is 4.85. The molecule has 1 aromatic carbocycles. The molecule has 0 aromatic heterocycles. The molecule has 0 saturated carbocycles. The molecule has 0 bridgehead atoms. The summed E-state index contributed by atoms with van der Waals surface area (Å²) in [6.07, 6.45) is 0.913. The van der Waals surface area contributed by atoms with E-state index >= 15 is 0 Å². The third-order valence-corrected chi connectivity index (χ3v) is 5.34. The minimum Gasteiger partial charge on any atom is -0.330 e. The maximum atomic E-state index is 13.2. The molecule has 0 unspecified atom stereocenters. The van der Waals surface area contributed by atoms with Gasteiger partial charge in [-0.05, 0) is 37.7 Å². The van der Waals surface area contributed by atoms with E-state index in [2.05, 4.69) is 4.90 Å². The van der Waals surface area contributed by atoms with Crippen LogP contribution in [-0.4, -0.2) is 56.9 Å². The number of benzene rings is 1. The van der Waals surface area contributed by atoms with Crippen LogP contribution >= 0.6 is 0 Å². The average Bonchev–Trinajstić information content (AvgIpc) is 2.45. The summed E-state index contributed by atoms with van der Waals surface area (Å²) in [7, 11) is -3.59. The van der Waals surface area contributed by atoms with Gasteiger partial charge in [0.25, 0.3) is 0 Å². The summed E-state index contributed by atoms with van der Waals surface area (Å²) >= 11 is 0. The molecule has 7 heteroatoms. The van der Waals surface area contributed by atoms with Crippen LogP contribution < -0.4 is 5.73 Å².